The summed E-state index contributed by atoms with van der Waals surface area (Å²) in [5.74, 6) is 0.347. The van der Waals surface area contributed by atoms with Gasteiger partial charge in [0.15, 0.2) is 0 Å². The van der Waals surface area contributed by atoms with Gasteiger partial charge in [0.25, 0.3) is 0 Å². The zero-order chi connectivity index (χ0) is 12.8. The zero-order valence-corrected chi connectivity index (χ0v) is 10.4. The smallest absolute Gasteiger partial charge is 0.311 e. The molecule has 0 amide bonds. The van der Waals surface area contributed by atoms with E-state index in [0.717, 1.165) is 18.5 Å². The normalized spacial score (nSPS) is 10.6. The summed E-state index contributed by atoms with van der Waals surface area (Å²) in [6, 6.07) is 1.53. The average Bonchev–Trinajstić information content (AvgIpc) is 2.25. The van der Waals surface area contributed by atoms with Gasteiger partial charge in [0.1, 0.15) is 0 Å². The van der Waals surface area contributed by atoms with E-state index in [1.165, 1.54) is 6.07 Å². The maximum Gasteiger partial charge on any atom is 0.311 e. The van der Waals surface area contributed by atoms with E-state index >= 15 is 0 Å². The lowest BCUT2D eigenvalue weighted by molar-refractivity contribution is -0.384. The van der Waals surface area contributed by atoms with Gasteiger partial charge in [-0.1, -0.05) is 0 Å². The van der Waals surface area contributed by atoms with Gasteiger partial charge in [-0.3, -0.25) is 10.1 Å². The van der Waals surface area contributed by atoms with Gasteiger partial charge in [0.2, 0.25) is 5.82 Å². The number of pyridine rings is 1. The number of nitrogens with zero attached hydrogens (tertiary/aromatic N) is 3. The van der Waals surface area contributed by atoms with Crippen molar-refractivity contribution in [1.29, 1.82) is 0 Å². The Morgan fingerprint density at radius 3 is 2.82 bits per heavy atom. The van der Waals surface area contributed by atoms with Gasteiger partial charge in [0, 0.05) is 18.8 Å². The number of aromatic nitrogens is 1. The molecule has 0 spiro atoms. The predicted octanol–water partition coefficient (Wildman–Crippen LogP) is 1.66. The van der Waals surface area contributed by atoms with Crippen molar-refractivity contribution in [3.63, 3.8) is 0 Å². The van der Waals surface area contributed by atoms with Crippen molar-refractivity contribution < 1.29 is 4.92 Å². The van der Waals surface area contributed by atoms with Crippen LogP contribution in [0, 0.1) is 17.0 Å². The first-order valence-electron chi connectivity index (χ1n) is 5.50. The molecule has 1 aromatic heterocycles. The van der Waals surface area contributed by atoms with Crippen LogP contribution >= 0.6 is 0 Å². The van der Waals surface area contributed by atoms with Gasteiger partial charge in [-0.2, -0.15) is 0 Å². The summed E-state index contributed by atoms with van der Waals surface area (Å²) >= 11 is 0. The van der Waals surface area contributed by atoms with E-state index in [1.807, 2.05) is 14.1 Å². The Balaban J connectivity index is 2.61. The Kier molecular flexibility index (Phi) is 4.84. The maximum atomic E-state index is 10.8. The van der Waals surface area contributed by atoms with Crippen LogP contribution in [-0.4, -0.2) is 42.0 Å². The fourth-order valence-electron chi connectivity index (χ4n) is 1.43. The molecule has 0 unspecified atom stereocenters. The summed E-state index contributed by atoms with van der Waals surface area (Å²) in [6.45, 7) is 3.40. The number of rotatable bonds is 6. The molecule has 1 heterocycles. The first-order chi connectivity index (χ1) is 8.00. The molecule has 6 heteroatoms. The quantitative estimate of drug-likeness (QED) is 0.463. The average molecular weight is 238 g/mol. The van der Waals surface area contributed by atoms with Crippen LogP contribution in [0.2, 0.25) is 0 Å². The molecule has 0 aliphatic carbocycles. The number of hydrogen-bond donors (Lipinski definition) is 1. The number of nitro groups is 1. The molecule has 0 atom stereocenters. The highest BCUT2D eigenvalue weighted by atomic mass is 16.6. The zero-order valence-electron chi connectivity index (χ0n) is 10.4. The highest BCUT2D eigenvalue weighted by Gasteiger charge is 2.14. The Morgan fingerprint density at radius 1 is 1.53 bits per heavy atom. The molecule has 17 heavy (non-hydrogen) atoms. The topological polar surface area (TPSA) is 71.3 Å². The van der Waals surface area contributed by atoms with Crippen LogP contribution < -0.4 is 5.32 Å². The van der Waals surface area contributed by atoms with Gasteiger partial charge in [-0.15, -0.1) is 0 Å². The van der Waals surface area contributed by atoms with Crippen LogP contribution in [0.1, 0.15) is 12.0 Å². The van der Waals surface area contributed by atoms with Crippen LogP contribution in [0.4, 0.5) is 11.5 Å². The third kappa shape index (κ3) is 4.36. The fourth-order valence-corrected chi connectivity index (χ4v) is 1.43. The van der Waals surface area contributed by atoms with E-state index in [0.29, 0.717) is 12.4 Å². The predicted molar refractivity (Wildman–Crippen MR) is 67.3 cm³/mol. The van der Waals surface area contributed by atoms with Crippen molar-refractivity contribution in [2.45, 2.75) is 13.3 Å². The molecule has 0 bridgehead atoms. The molecule has 0 aliphatic heterocycles. The molecule has 0 radical (unpaired) electrons. The molecular weight excluding hydrogens is 220 g/mol. The third-order valence-corrected chi connectivity index (χ3v) is 2.28. The molecule has 0 aromatic carbocycles. The van der Waals surface area contributed by atoms with E-state index in [4.69, 9.17) is 0 Å². The van der Waals surface area contributed by atoms with Gasteiger partial charge < -0.3 is 10.2 Å². The second-order valence-electron chi connectivity index (χ2n) is 4.22. The minimum absolute atomic E-state index is 0.0369. The second-order valence-corrected chi connectivity index (χ2v) is 4.22. The SMILES string of the molecule is Cc1cnc(NCCCN(C)C)c([N+](=O)[O-])c1. The summed E-state index contributed by atoms with van der Waals surface area (Å²) < 4.78 is 0. The minimum Gasteiger partial charge on any atom is -0.364 e. The minimum atomic E-state index is -0.408. The van der Waals surface area contributed by atoms with E-state index in [9.17, 15) is 10.1 Å². The van der Waals surface area contributed by atoms with Crippen LogP contribution in [0.3, 0.4) is 0 Å². The standard InChI is InChI=1S/C11H18N4O2/c1-9-7-10(15(16)17)11(13-8-9)12-5-4-6-14(2)3/h7-8H,4-6H2,1-3H3,(H,12,13). The van der Waals surface area contributed by atoms with Crippen LogP contribution in [0.5, 0.6) is 0 Å². The second kappa shape index (κ2) is 6.15. The molecule has 0 saturated carbocycles. The lowest BCUT2D eigenvalue weighted by Gasteiger charge is -2.10. The van der Waals surface area contributed by atoms with E-state index in [1.54, 1.807) is 13.1 Å². The van der Waals surface area contributed by atoms with Crippen LogP contribution in [-0.2, 0) is 0 Å². The summed E-state index contributed by atoms with van der Waals surface area (Å²) in [4.78, 5) is 16.5. The van der Waals surface area contributed by atoms with Crippen molar-refractivity contribution in [1.82, 2.24) is 9.88 Å². The van der Waals surface area contributed by atoms with Crippen molar-refractivity contribution in [3.05, 3.63) is 27.9 Å². The molecule has 1 rings (SSSR count). The molecule has 1 aromatic rings. The van der Waals surface area contributed by atoms with Gasteiger partial charge in [0.05, 0.1) is 4.92 Å². The van der Waals surface area contributed by atoms with Crippen molar-refractivity contribution in [2.24, 2.45) is 0 Å². The van der Waals surface area contributed by atoms with Crippen molar-refractivity contribution >= 4 is 11.5 Å². The van der Waals surface area contributed by atoms with Gasteiger partial charge >= 0.3 is 5.69 Å². The first-order valence-corrected chi connectivity index (χ1v) is 5.50. The summed E-state index contributed by atoms with van der Waals surface area (Å²) in [5.41, 5.74) is 0.824. The van der Waals surface area contributed by atoms with E-state index in [-0.39, 0.29) is 5.69 Å². The van der Waals surface area contributed by atoms with Crippen molar-refractivity contribution in [2.75, 3.05) is 32.5 Å². The van der Waals surface area contributed by atoms with E-state index < -0.39 is 4.92 Å². The highest BCUT2D eigenvalue weighted by Crippen LogP contribution is 2.22. The van der Waals surface area contributed by atoms with E-state index in [2.05, 4.69) is 15.2 Å². The van der Waals surface area contributed by atoms with Crippen LogP contribution in [0.25, 0.3) is 0 Å². The molecule has 94 valence electrons. The first kappa shape index (κ1) is 13.4. The molecule has 0 aliphatic rings. The Morgan fingerprint density at radius 2 is 2.24 bits per heavy atom. The van der Waals surface area contributed by atoms with Gasteiger partial charge in [-0.25, -0.2) is 4.98 Å². The number of anilines is 1. The number of aryl methyl sites for hydroxylation is 1. The maximum absolute atomic E-state index is 10.8. The third-order valence-electron chi connectivity index (χ3n) is 2.28. The molecule has 0 saturated heterocycles. The molecule has 6 nitrogen and oxygen atoms in total. The van der Waals surface area contributed by atoms with Gasteiger partial charge in [-0.05, 0) is 39.5 Å². The summed E-state index contributed by atoms with van der Waals surface area (Å²) in [7, 11) is 3.99. The monoisotopic (exact) mass is 238 g/mol. The number of nitrogens with one attached hydrogen (secondary N) is 1. The highest BCUT2D eigenvalue weighted by molar-refractivity contribution is 5.56. The molecule has 1 N–H and O–H groups in total. The molecular formula is C11H18N4O2. The largest absolute Gasteiger partial charge is 0.364 e. The lowest BCUT2D eigenvalue weighted by atomic mass is 10.3. The summed E-state index contributed by atoms with van der Waals surface area (Å²) in [6.07, 6.45) is 2.54. The Bertz CT molecular complexity index is 393. The summed E-state index contributed by atoms with van der Waals surface area (Å²) in [5, 5.41) is 13.8. The van der Waals surface area contributed by atoms with Crippen LogP contribution in [0.15, 0.2) is 12.3 Å². The number of hydrogen-bond acceptors (Lipinski definition) is 5. The Labute approximate surface area is 101 Å². The fraction of sp³-hybridized carbons (Fsp3) is 0.545. The lowest BCUT2D eigenvalue weighted by Crippen LogP contribution is -2.17. The Hall–Kier alpha value is -1.69. The van der Waals surface area contributed by atoms with Crippen molar-refractivity contribution in [3.8, 4) is 0 Å². The molecule has 0 fully saturated rings.